The quantitative estimate of drug-likeness (QED) is 0.143. The number of methoxy groups -OCH3 is 2. The fraction of sp³-hybridized carbons (Fsp3) is 0.483. The Morgan fingerprint density at radius 2 is 1.43 bits per heavy atom. The Bertz CT molecular complexity index is 1510. The Morgan fingerprint density at radius 3 is 2.05 bits per heavy atom. The third-order valence-electron chi connectivity index (χ3n) is 7.88. The van der Waals surface area contributed by atoms with Crippen molar-refractivity contribution in [3.63, 3.8) is 0 Å². The molecule has 15 heteroatoms. The van der Waals surface area contributed by atoms with Gasteiger partial charge >= 0.3 is 0 Å². The molecule has 1 aromatic heterocycles. The van der Waals surface area contributed by atoms with Gasteiger partial charge in [-0.1, -0.05) is 0 Å². The van der Waals surface area contributed by atoms with Crippen LogP contribution in [0.15, 0.2) is 45.6 Å². The molecule has 3 heterocycles. The van der Waals surface area contributed by atoms with Gasteiger partial charge < -0.3 is 69.0 Å². The summed E-state index contributed by atoms with van der Waals surface area (Å²) in [6.07, 6.45) is -16.8. The van der Waals surface area contributed by atoms with E-state index in [1.807, 2.05) is 0 Å². The number of rotatable bonds is 8. The lowest BCUT2D eigenvalue weighted by Gasteiger charge is -2.46. The summed E-state index contributed by atoms with van der Waals surface area (Å²) >= 11 is 0. The molecule has 3 aromatic rings. The molecule has 240 valence electrons. The molecule has 2 aliphatic rings. The van der Waals surface area contributed by atoms with Crippen molar-refractivity contribution in [2.75, 3.05) is 27.4 Å². The van der Waals surface area contributed by atoms with Crippen LogP contribution in [0.1, 0.15) is 11.7 Å². The molecule has 0 radical (unpaired) electrons. The van der Waals surface area contributed by atoms with Crippen LogP contribution in [-0.4, -0.2) is 123 Å². The van der Waals surface area contributed by atoms with E-state index in [0.717, 1.165) is 0 Å². The Morgan fingerprint density at radius 1 is 0.795 bits per heavy atom. The van der Waals surface area contributed by atoms with Gasteiger partial charge in [-0.05, 0) is 24.3 Å². The summed E-state index contributed by atoms with van der Waals surface area (Å²) < 4.78 is 33.6. The van der Waals surface area contributed by atoms with Gasteiger partial charge in [0.2, 0.25) is 0 Å². The molecule has 0 spiro atoms. The molecule has 0 bridgehead atoms. The van der Waals surface area contributed by atoms with Crippen LogP contribution < -0.4 is 14.9 Å². The summed E-state index contributed by atoms with van der Waals surface area (Å²) in [6, 6.07) is 9.17. The molecule has 2 saturated heterocycles. The third-order valence-corrected chi connectivity index (χ3v) is 7.88. The maximum Gasteiger partial charge on any atom is 0.197 e. The number of hydrogen-bond donors (Lipinski definition) is 8. The minimum absolute atomic E-state index is 0.0667. The topological polar surface area (TPSA) is 238 Å². The predicted octanol–water partition coefficient (Wildman–Crippen LogP) is -1.48. The van der Waals surface area contributed by atoms with E-state index in [4.69, 9.17) is 28.1 Å². The number of phenolic OH excluding ortho intramolecular Hbond substituents is 1. The van der Waals surface area contributed by atoms with Crippen LogP contribution in [0.25, 0.3) is 22.3 Å². The Balaban J connectivity index is 1.60. The van der Waals surface area contributed by atoms with Gasteiger partial charge in [0, 0.05) is 17.7 Å². The maximum atomic E-state index is 13.4. The first-order valence-corrected chi connectivity index (χ1v) is 13.6. The lowest BCUT2D eigenvalue weighted by Crippen LogP contribution is -2.62. The fourth-order valence-corrected chi connectivity index (χ4v) is 5.45. The zero-order chi connectivity index (χ0) is 31.9. The van der Waals surface area contributed by atoms with Gasteiger partial charge in [-0.3, -0.25) is 4.79 Å². The van der Waals surface area contributed by atoms with Crippen LogP contribution in [-0.2, 0) is 14.2 Å². The number of phenols is 1. The molecule has 5 rings (SSSR count). The maximum absolute atomic E-state index is 13.4. The lowest BCUT2D eigenvalue weighted by atomic mass is 9.89. The van der Waals surface area contributed by atoms with Crippen molar-refractivity contribution < 1.29 is 69.0 Å². The first-order chi connectivity index (χ1) is 21.0. The number of hydrogen-bond acceptors (Lipinski definition) is 15. The van der Waals surface area contributed by atoms with E-state index in [9.17, 15) is 45.6 Å². The average molecular weight is 623 g/mol. The highest BCUT2D eigenvalue weighted by Gasteiger charge is 2.52. The molecule has 10 atom stereocenters. The number of aliphatic hydroxyl groups excluding tert-OH is 7. The van der Waals surface area contributed by atoms with Gasteiger partial charge in [-0.2, -0.15) is 0 Å². The van der Waals surface area contributed by atoms with Gasteiger partial charge in [-0.25, -0.2) is 0 Å². The van der Waals surface area contributed by atoms with E-state index >= 15 is 0 Å². The first-order valence-electron chi connectivity index (χ1n) is 13.6. The summed E-state index contributed by atoms with van der Waals surface area (Å²) in [5.41, 5.74) is -0.412. The number of ether oxygens (including phenoxy) is 5. The molecule has 0 aliphatic carbocycles. The second-order valence-electron chi connectivity index (χ2n) is 10.5. The molecule has 15 nitrogen and oxygen atoms in total. The summed E-state index contributed by atoms with van der Waals surface area (Å²) in [6.45, 7) is -1.54. The van der Waals surface area contributed by atoms with Crippen LogP contribution in [0.3, 0.4) is 0 Å². The first kappa shape index (κ1) is 32.1. The van der Waals surface area contributed by atoms with Gasteiger partial charge in [0.15, 0.2) is 11.7 Å². The van der Waals surface area contributed by atoms with E-state index in [1.54, 1.807) is 24.3 Å². The van der Waals surface area contributed by atoms with E-state index in [2.05, 4.69) is 0 Å². The zero-order valence-corrected chi connectivity index (χ0v) is 23.6. The van der Waals surface area contributed by atoms with Crippen molar-refractivity contribution in [2.24, 2.45) is 0 Å². The van der Waals surface area contributed by atoms with Crippen LogP contribution in [0, 0.1) is 0 Å². The largest absolute Gasteiger partial charge is 0.506 e. The molecule has 2 aliphatic heterocycles. The van der Waals surface area contributed by atoms with Crippen molar-refractivity contribution in [2.45, 2.75) is 61.2 Å². The Labute approximate surface area is 249 Å². The summed E-state index contributed by atoms with van der Waals surface area (Å²) in [5, 5.41) is 83.2. The second kappa shape index (κ2) is 12.9. The standard InChI is InChI=1S/C29H34O15/c1-39-12-5-3-11(4-6-12)14-7-13(32)19-16(41-14)8-15(40-2)20(23(19)35)27-28(25(37)22(34)17(9-30)42-27)44-29-26(38)24(36)21(33)18(10-31)43-29/h3-8,17-18,21-22,24-31,33-38H,9-10H2,1-2H3. The van der Waals surface area contributed by atoms with Crippen molar-refractivity contribution >= 4 is 11.0 Å². The van der Waals surface area contributed by atoms with E-state index in [-0.39, 0.29) is 28.0 Å². The molecule has 0 amide bonds. The molecule has 8 N–H and O–H groups in total. The number of fused-ring (bicyclic) bond motifs is 1. The van der Waals surface area contributed by atoms with Gasteiger partial charge in [0.05, 0.1) is 33.0 Å². The number of aliphatic hydroxyl groups is 7. The second-order valence-corrected chi connectivity index (χ2v) is 10.5. The van der Waals surface area contributed by atoms with Gasteiger partial charge in [0.1, 0.15) is 88.9 Å². The van der Waals surface area contributed by atoms with Crippen molar-refractivity contribution in [3.8, 4) is 28.6 Å². The molecule has 0 saturated carbocycles. The lowest BCUT2D eigenvalue weighted by molar-refractivity contribution is -0.342. The highest BCUT2D eigenvalue weighted by Crippen LogP contribution is 2.46. The molecular formula is C29H34O15. The third kappa shape index (κ3) is 5.63. The van der Waals surface area contributed by atoms with E-state index < -0.39 is 85.6 Å². The summed E-state index contributed by atoms with van der Waals surface area (Å²) in [5.74, 6) is -0.0157. The van der Waals surface area contributed by atoms with Crippen LogP contribution in [0.5, 0.6) is 17.2 Å². The summed E-state index contributed by atoms with van der Waals surface area (Å²) in [7, 11) is 2.76. The molecular weight excluding hydrogens is 588 g/mol. The average Bonchev–Trinajstić information content (AvgIpc) is 3.03. The molecule has 44 heavy (non-hydrogen) atoms. The molecule has 10 unspecified atom stereocenters. The minimum Gasteiger partial charge on any atom is -0.506 e. The number of aromatic hydroxyl groups is 1. The Kier molecular flexibility index (Phi) is 9.43. The van der Waals surface area contributed by atoms with E-state index in [0.29, 0.717) is 11.3 Å². The van der Waals surface area contributed by atoms with Gasteiger partial charge in [0.25, 0.3) is 0 Å². The SMILES string of the molecule is COc1ccc(-c2cc(=O)c3c(O)c(C4OC(CO)C(O)C(O)C4OC4OC(CO)C(O)C(O)C4O)c(OC)cc3o2)cc1. The van der Waals surface area contributed by atoms with Crippen LogP contribution in [0.4, 0.5) is 0 Å². The minimum atomic E-state index is -1.89. The fourth-order valence-electron chi connectivity index (χ4n) is 5.45. The van der Waals surface area contributed by atoms with Gasteiger partial charge in [-0.15, -0.1) is 0 Å². The summed E-state index contributed by atoms with van der Waals surface area (Å²) in [4.78, 5) is 13.4. The Hall–Kier alpha value is -3.35. The van der Waals surface area contributed by atoms with E-state index in [1.165, 1.54) is 26.4 Å². The monoisotopic (exact) mass is 622 g/mol. The highest BCUT2D eigenvalue weighted by molar-refractivity contribution is 5.88. The van der Waals surface area contributed by atoms with Crippen LogP contribution >= 0.6 is 0 Å². The number of benzene rings is 2. The molecule has 2 aromatic carbocycles. The van der Waals surface area contributed by atoms with Crippen molar-refractivity contribution in [3.05, 3.63) is 52.2 Å². The van der Waals surface area contributed by atoms with Crippen molar-refractivity contribution in [1.82, 2.24) is 0 Å². The smallest absolute Gasteiger partial charge is 0.197 e. The van der Waals surface area contributed by atoms with Crippen molar-refractivity contribution in [1.29, 1.82) is 0 Å². The zero-order valence-electron chi connectivity index (χ0n) is 23.6. The predicted molar refractivity (Wildman–Crippen MR) is 148 cm³/mol. The van der Waals surface area contributed by atoms with Crippen LogP contribution in [0.2, 0.25) is 0 Å². The molecule has 2 fully saturated rings. The highest BCUT2D eigenvalue weighted by atomic mass is 16.7. The normalized spacial score (nSPS) is 32.5.